The summed E-state index contributed by atoms with van der Waals surface area (Å²) in [6.45, 7) is 4.26. The molecule has 9 rings (SSSR count). The number of esters is 1. The van der Waals surface area contributed by atoms with Gasteiger partial charge in [0.25, 0.3) is 17.4 Å². The number of fused-ring (bicyclic) bond motifs is 5. The lowest BCUT2D eigenvalue weighted by Gasteiger charge is -2.35. The zero-order chi connectivity index (χ0) is 60.2. The molecule has 1 aliphatic carbocycles. The van der Waals surface area contributed by atoms with Crippen LogP contribution in [-0.2, 0) is 102 Å². The monoisotopic (exact) mass is 1170 g/mol. The van der Waals surface area contributed by atoms with Crippen LogP contribution in [-0.4, -0.2) is 134 Å². The molecule has 0 saturated heterocycles. The molecule has 450 valence electrons. The number of nitrogens with one attached hydrogen (secondary N) is 4. The van der Waals surface area contributed by atoms with Gasteiger partial charge in [0.1, 0.15) is 43.9 Å². The van der Waals surface area contributed by atoms with E-state index in [-0.39, 0.29) is 105 Å². The first kappa shape index (κ1) is 60.7. The van der Waals surface area contributed by atoms with Crippen LogP contribution in [0, 0.1) is 11.8 Å². The summed E-state index contributed by atoms with van der Waals surface area (Å²) in [4.78, 5) is 123. The van der Waals surface area contributed by atoms with Crippen molar-refractivity contribution in [3.8, 4) is 17.1 Å². The molecule has 3 aliphatic heterocycles. The molecule has 2 aromatic carbocycles. The Labute approximate surface area is 488 Å². The number of hydrogen-bond donors (Lipinski definition) is 6. The van der Waals surface area contributed by atoms with Crippen LogP contribution < -0.4 is 32.6 Å². The second-order valence-corrected chi connectivity index (χ2v) is 21.3. The Morgan fingerprint density at radius 1 is 0.894 bits per heavy atom. The van der Waals surface area contributed by atoms with E-state index < -0.39 is 60.3 Å². The summed E-state index contributed by atoms with van der Waals surface area (Å²) in [5.74, 6) is -3.03. The van der Waals surface area contributed by atoms with Crippen molar-refractivity contribution in [2.75, 3.05) is 51.4 Å². The third-order valence-corrected chi connectivity index (χ3v) is 15.6. The third-order valence-electron chi connectivity index (χ3n) is 15.6. The Balaban J connectivity index is 0.669. The standard InChI is InChI=1S/C59H69N11O15/c1-3-41-42-25-40(71)16-17-46(42)65-53-43(41)30-69-48(53)26-45-44(56(69)78)32-83-57(79)59(45,4-2)85-58(80)84-31-36-10-14-38(15-11-36)63-55(77)47(7-5-6-20-60)64-50(73)34-82-33-49(72)61-21-23-81-24-22-68-29-39(66-67-68)27-62-54(76)37-12-8-35(9-13-37)28-70-51(74)18-19-52(70)75/h10-11,14-19,25-26,29,35,37,47,71H,3-9,12-13,20-24,27-28,30-34,60H2,1-2H3,(H,61,72)(H,62,76)(H,63,77)(H,64,73)/t35?,37?,47-,59-/m0/s1. The van der Waals surface area contributed by atoms with E-state index in [1.54, 1.807) is 64.8 Å². The maximum atomic E-state index is 14.1. The molecule has 1 fully saturated rings. The molecule has 5 aromatic rings. The van der Waals surface area contributed by atoms with Crippen molar-refractivity contribution in [2.24, 2.45) is 17.6 Å². The van der Waals surface area contributed by atoms with Gasteiger partial charge in [0.15, 0.2) is 0 Å². The fraction of sp³-hybridized carbons (Fsp3) is 0.458. The lowest BCUT2D eigenvalue weighted by molar-refractivity contribution is -0.175. The van der Waals surface area contributed by atoms with E-state index in [0.717, 1.165) is 29.4 Å². The van der Waals surface area contributed by atoms with E-state index in [9.17, 15) is 48.3 Å². The molecule has 3 aromatic heterocycles. The highest BCUT2D eigenvalue weighted by atomic mass is 16.7. The number of benzene rings is 2. The minimum atomic E-state index is -2.01. The fourth-order valence-electron chi connectivity index (χ4n) is 11.1. The van der Waals surface area contributed by atoms with Gasteiger partial charge in [-0.15, -0.1) is 5.10 Å². The number of unbranched alkanes of at least 4 members (excludes halogenated alkanes) is 1. The van der Waals surface area contributed by atoms with Gasteiger partial charge < -0.3 is 60.4 Å². The highest BCUT2D eigenvalue weighted by Gasteiger charge is 2.51. The largest absolute Gasteiger partial charge is 0.510 e. The van der Waals surface area contributed by atoms with E-state index in [4.69, 9.17) is 34.4 Å². The molecule has 26 nitrogen and oxygen atoms in total. The number of aryl methyl sites for hydroxylation is 1. The molecule has 0 spiro atoms. The number of hydrogen-bond acceptors (Lipinski definition) is 19. The molecule has 26 heteroatoms. The first-order valence-corrected chi connectivity index (χ1v) is 28.5. The number of ether oxygens (including phenoxy) is 5. The Kier molecular flexibility index (Phi) is 19.8. The highest BCUT2D eigenvalue weighted by molar-refractivity contribution is 6.12. The van der Waals surface area contributed by atoms with E-state index in [0.29, 0.717) is 85.6 Å². The van der Waals surface area contributed by atoms with Gasteiger partial charge in [-0.25, -0.2) is 19.3 Å². The summed E-state index contributed by atoms with van der Waals surface area (Å²) < 4.78 is 30.9. The number of rotatable bonds is 27. The van der Waals surface area contributed by atoms with E-state index in [1.165, 1.54) is 23.1 Å². The van der Waals surface area contributed by atoms with Gasteiger partial charge in [-0.1, -0.05) is 31.2 Å². The zero-order valence-corrected chi connectivity index (χ0v) is 47.4. The van der Waals surface area contributed by atoms with E-state index in [2.05, 4.69) is 31.6 Å². The third kappa shape index (κ3) is 14.4. The molecule has 85 heavy (non-hydrogen) atoms. The van der Waals surface area contributed by atoms with Crippen molar-refractivity contribution in [1.82, 2.24) is 45.4 Å². The number of anilines is 1. The number of carbonyl (C=O) groups excluding carboxylic acids is 8. The Morgan fingerprint density at radius 3 is 2.40 bits per heavy atom. The van der Waals surface area contributed by atoms with Crippen LogP contribution in [0.25, 0.3) is 22.3 Å². The topological polar surface area (TPSA) is 346 Å². The van der Waals surface area contributed by atoms with Crippen molar-refractivity contribution < 1.29 is 67.1 Å². The lowest BCUT2D eigenvalue weighted by Crippen LogP contribution is -2.47. The van der Waals surface area contributed by atoms with Crippen LogP contribution in [0.1, 0.15) is 98.7 Å². The number of imide groups is 1. The van der Waals surface area contributed by atoms with Gasteiger partial charge >= 0.3 is 12.1 Å². The van der Waals surface area contributed by atoms with Gasteiger partial charge in [-0.2, -0.15) is 0 Å². The summed E-state index contributed by atoms with van der Waals surface area (Å²) in [5, 5.41) is 30.2. The van der Waals surface area contributed by atoms with Crippen LogP contribution in [0.3, 0.4) is 0 Å². The number of cyclic esters (lactones) is 1. The van der Waals surface area contributed by atoms with Crippen molar-refractivity contribution in [3.63, 3.8) is 0 Å². The van der Waals surface area contributed by atoms with Crippen LogP contribution >= 0.6 is 0 Å². The second kappa shape index (κ2) is 27.7. The number of nitrogens with zero attached hydrogens (tertiary/aromatic N) is 6. The predicted molar refractivity (Wildman–Crippen MR) is 302 cm³/mol. The van der Waals surface area contributed by atoms with Crippen molar-refractivity contribution in [2.45, 2.75) is 116 Å². The minimum Gasteiger partial charge on any atom is -0.508 e. The molecule has 0 unspecified atom stereocenters. The number of carbonyl (C=O) groups is 8. The quantitative estimate of drug-likeness (QED) is 0.0245. The molecule has 4 aliphatic rings. The molecule has 0 bridgehead atoms. The average molecular weight is 1170 g/mol. The van der Waals surface area contributed by atoms with Crippen molar-refractivity contribution in [1.29, 1.82) is 0 Å². The number of phenols is 1. The Hall–Kier alpha value is -8.88. The maximum absolute atomic E-state index is 14.1. The van der Waals surface area contributed by atoms with Crippen LogP contribution in [0.5, 0.6) is 5.75 Å². The average Bonchev–Trinajstić information content (AvgIpc) is 1.74. The van der Waals surface area contributed by atoms with Gasteiger partial charge in [-0.05, 0) is 118 Å². The molecular weight excluding hydrogens is 1100 g/mol. The number of pyridine rings is 2. The predicted octanol–water partition coefficient (Wildman–Crippen LogP) is 3.05. The van der Waals surface area contributed by atoms with Gasteiger partial charge in [0.2, 0.25) is 29.2 Å². The first-order valence-electron chi connectivity index (χ1n) is 28.5. The molecule has 6 heterocycles. The molecule has 0 radical (unpaired) electrons. The molecule has 6 amide bonds. The molecular formula is C59H69N11O15. The van der Waals surface area contributed by atoms with E-state index in [1.807, 2.05) is 6.92 Å². The van der Waals surface area contributed by atoms with Gasteiger partial charge in [0, 0.05) is 53.4 Å². The maximum Gasteiger partial charge on any atom is 0.510 e. The summed E-state index contributed by atoms with van der Waals surface area (Å²) in [6.07, 6.45) is 7.83. The Bertz CT molecular complexity index is 3430. The number of aromatic hydroxyl groups is 1. The number of amides is 6. The lowest BCUT2D eigenvalue weighted by atomic mass is 9.81. The van der Waals surface area contributed by atoms with Gasteiger partial charge in [-0.3, -0.25) is 38.5 Å². The highest BCUT2D eigenvalue weighted by Crippen LogP contribution is 2.43. The van der Waals surface area contributed by atoms with Crippen molar-refractivity contribution in [3.05, 3.63) is 111 Å². The van der Waals surface area contributed by atoms with Crippen LogP contribution in [0.4, 0.5) is 10.5 Å². The van der Waals surface area contributed by atoms with Gasteiger partial charge in [0.05, 0.1) is 61.5 Å². The molecule has 1 saturated carbocycles. The summed E-state index contributed by atoms with van der Waals surface area (Å²) >= 11 is 0. The fourth-order valence-corrected chi connectivity index (χ4v) is 11.1. The molecule has 7 N–H and O–H groups in total. The first-order chi connectivity index (χ1) is 41.1. The number of phenolic OH excluding ortho intramolecular Hbond substituents is 1. The van der Waals surface area contributed by atoms with Crippen molar-refractivity contribution >= 4 is 64.2 Å². The normalized spacial score (nSPS) is 18.1. The Morgan fingerprint density at radius 2 is 1.66 bits per heavy atom. The zero-order valence-electron chi connectivity index (χ0n) is 47.4. The summed E-state index contributed by atoms with van der Waals surface area (Å²) in [6, 6.07) is 11.9. The smallest absolute Gasteiger partial charge is 0.508 e. The molecule has 2 atom stereocenters. The van der Waals surface area contributed by atoms with Crippen LogP contribution in [0.2, 0.25) is 0 Å². The van der Waals surface area contributed by atoms with E-state index >= 15 is 0 Å². The summed E-state index contributed by atoms with van der Waals surface area (Å²) in [7, 11) is 0. The van der Waals surface area contributed by atoms with Crippen LogP contribution in [0.15, 0.2) is 71.7 Å². The number of aromatic nitrogens is 5. The minimum absolute atomic E-state index is 0.0744. The second-order valence-electron chi connectivity index (χ2n) is 21.3. The number of nitrogens with two attached hydrogens (primary N) is 1. The summed E-state index contributed by atoms with van der Waals surface area (Å²) in [5.41, 5.74) is 8.43. The SMILES string of the molecule is CCc1c2c(nc3ccc(O)cc13)-c1cc3c(c(=O)n1C2)COC(=O)[C@@]3(CC)OC(=O)OCc1ccc(NC(=O)[C@H](CCCCN)NC(=O)COCC(=O)NCCOCCn2cc(CNC(=O)C3CCC(CN4C(=O)C=CC4=O)CC3)nn2)cc1.